The molecule has 0 spiro atoms. The molecular formula is C30H37Cl2NO6. The molecule has 2 heterocycles. The average molecular weight is 579 g/mol. The number of amides is 1. The minimum Gasteiger partial charge on any atom is -0.487 e. The van der Waals surface area contributed by atoms with Gasteiger partial charge in [-0.3, -0.25) is 9.59 Å². The summed E-state index contributed by atoms with van der Waals surface area (Å²) in [6.07, 6.45) is 3.89. The number of carboxylic acids is 1. The zero-order valence-corrected chi connectivity index (χ0v) is 24.4. The quantitative estimate of drug-likeness (QED) is 0.345. The molecule has 0 saturated carbocycles. The summed E-state index contributed by atoms with van der Waals surface area (Å²) in [5.41, 5.74) is 0.630. The number of aliphatic hydroxyl groups is 1. The molecule has 2 N–H and O–H groups in total. The largest absolute Gasteiger partial charge is 0.487 e. The maximum absolute atomic E-state index is 13.6. The molecule has 4 atom stereocenters. The van der Waals surface area contributed by atoms with Gasteiger partial charge in [0.2, 0.25) is 0 Å². The van der Waals surface area contributed by atoms with Crippen LogP contribution in [0.15, 0.2) is 36.4 Å². The molecule has 1 amide bonds. The van der Waals surface area contributed by atoms with Gasteiger partial charge in [0.15, 0.2) is 0 Å². The maximum Gasteiger partial charge on any atom is 0.323 e. The van der Waals surface area contributed by atoms with E-state index >= 15 is 0 Å². The van der Waals surface area contributed by atoms with Gasteiger partial charge in [0, 0.05) is 23.6 Å². The fraction of sp³-hybridized carbons (Fsp3) is 0.533. The van der Waals surface area contributed by atoms with Crippen molar-refractivity contribution in [3.63, 3.8) is 0 Å². The lowest BCUT2D eigenvalue weighted by atomic mass is 9.72. The van der Waals surface area contributed by atoms with Crippen molar-refractivity contribution in [3.05, 3.63) is 63.1 Å². The Bertz CT molecular complexity index is 1230. The number of nitrogens with zero attached hydrogens (tertiary/aromatic N) is 1. The van der Waals surface area contributed by atoms with Crippen LogP contribution >= 0.6 is 23.2 Å². The van der Waals surface area contributed by atoms with Gasteiger partial charge in [0.25, 0.3) is 5.91 Å². The lowest BCUT2D eigenvalue weighted by Crippen LogP contribution is -2.50. The summed E-state index contributed by atoms with van der Waals surface area (Å²) >= 11 is 12.2. The number of carboxylic acid groups (broad SMARTS) is 1. The summed E-state index contributed by atoms with van der Waals surface area (Å²) in [4.78, 5) is 26.5. The molecule has 2 aliphatic rings. The van der Waals surface area contributed by atoms with Crippen molar-refractivity contribution in [3.8, 4) is 5.75 Å². The van der Waals surface area contributed by atoms with E-state index in [0.29, 0.717) is 33.3 Å². The fourth-order valence-electron chi connectivity index (χ4n) is 5.73. The van der Waals surface area contributed by atoms with E-state index in [9.17, 15) is 19.8 Å². The first-order valence-corrected chi connectivity index (χ1v) is 14.2. The first-order chi connectivity index (χ1) is 18.3. The monoisotopic (exact) mass is 577 g/mol. The Balaban J connectivity index is 1.62. The van der Waals surface area contributed by atoms with Gasteiger partial charge in [-0.2, -0.15) is 0 Å². The molecule has 0 aliphatic carbocycles. The van der Waals surface area contributed by atoms with E-state index in [1.165, 1.54) is 4.90 Å². The molecule has 2 aromatic carbocycles. The van der Waals surface area contributed by atoms with Crippen LogP contribution in [0.5, 0.6) is 5.75 Å². The summed E-state index contributed by atoms with van der Waals surface area (Å²) in [7, 11) is 0. The molecular weight excluding hydrogens is 541 g/mol. The Morgan fingerprint density at radius 2 is 1.87 bits per heavy atom. The van der Waals surface area contributed by atoms with Crippen LogP contribution in [0.4, 0.5) is 0 Å². The normalized spacial score (nSPS) is 24.3. The van der Waals surface area contributed by atoms with Crippen LogP contribution in [0.25, 0.3) is 0 Å². The molecule has 0 aromatic heterocycles. The van der Waals surface area contributed by atoms with Crippen LogP contribution < -0.4 is 4.74 Å². The minimum atomic E-state index is -1.11. The molecule has 0 radical (unpaired) electrons. The number of benzene rings is 2. The number of carbonyl (C=O) groups excluding carboxylic acids is 1. The number of rotatable bonds is 9. The van der Waals surface area contributed by atoms with Gasteiger partial charge in [-0.25, -0.2) is 0 Å². The molecule has 7 nitrogen and oxygen atoms in total. The smallest absolute Gasteiger partial charge is 0.323 e. The second-order valence-corrected chi connectivity index (χ2v) is 12.5. The van der Waals surface area contributed by atoms with Crippen LogP contribution in [0.1, 0.15) is 87.4 Å². The Labute approximate surface area is 240 Å². The number of carbonyl (C=O) groups is 2. The first-order valence-electron chi connectivity index (χ1n) is 13.4. The number of ether oxygens (including phenoxy) is 2. The SMILES string of the molecule is C[C@@H]1CC[C@@H]2[C@@H](O1)c1cc(C(=O)N(CC(=O)O)Cc3ccc(Cl)c(Cl)c3)ccc1O[C@]2(C)CCCC(C)(C)O. The third-order valence-electron chi connectivity index (χ3n) is 7.75. The summed E-state index contributed by atoms with van der Waals surface area (Å²) in [6, 6.07) is 10.2. The minimum absolute atomic E-state index is 0.0640. The van der Waals surface area contributed by atoms with Crippen molar-refractivity contribution in [1.82, 2.24) is 4.90 Å². The standard InChI is InChI=1S/C30H37Cl2NO6/c1-18-6-9-22-27(38-18)21-15-20(8-11-25(21)39-30(22,4)13-5-12-29(2,3)37)28(36)33(17-26(34)35)16-19-7-10-23(31)24(32)14-19/h7-8,10-11,14-15,18,22,27,37H,5-6,9,12-13,16-17H2,1-4H3,(H,34,35)/t18-,22-,27+,30-/m1/s1. The van der Waals surface area contributed by atoms with Crippen LogP contribution in [0.2, 0.25) is 10.0 Å². The van der Waals surface area contributed by atoms with Gasteiger partial charge < -0.3 is 24.6 Å². The third kappa shape index (κ3) is 7.07. The van der Waals surface area contributed by atoms with Crippen molar-refractivity contribution in [2.45, 2.75) is 89.8 Å². The van der Waals surface area contributed by atoms with Gasteiger partial charge in [-0.1, -0.05) is 29.3 Å². The zero-order chi connectivity index (χ0) is 28.5. The highest BCUT2D eigenvalue weighted by molar-refractivity contribution is 6.42. The summed E-state index contributed by atoms with van der Waals surface area (Å²) in [6.45, 7) is 7.39. The Kier molecular flexibility index (Phi) is 8.86. The predicted molar refractivity (Wildman–Crippen MR) is 150 cm³/mol. The molecule has 0 unspecified atom stereocenters. The molecule has 0 bridgehead atoms. The Morgan fingerprint density at radius 3 is 2.54 bits per heavy atom. The molecule has 212 valence electrons. The van der Waals surface area contributed by atoms with Crippen molar-refractivity contribution in [2.24, 2.45) is 5.92 Å². The second kappa shape index (κ2) is 11.7. The van der Waals surface area contributed by atoms with E-state index in [0.717, 1.165) is 31.2 Å². The van der Waals surface area contributed by atoms with Crippen LogP contribution in [-0.2, 0) is 16.1 Å². The lowest BCUT2D eigenvalue weighted by molar-refractivity contribution is -0.153. The summed E-state index contributed by atoms with van der Waals surface area (Å²) < 4.78 is 13.1. The maximum atomic E-state index is 13.6. The Morgan fingerprint density at radius 1 is 1.13 bits per heavy atom. The second-order valence-electron chi connectivity index (χ2n) is 11.7. The Hall–Kier alpha value is -2.32. The number of aliphatic carboxylic acids is 1. The fourth-order valence-corrected chi connectivity index (χ4v) is 6.05. The number of hydrogen-bond acceptors (Lipinski definition) is 5. The van der Waals surface area contributed by atoms with Crippen molar-refractivity contribution >= 4 is 35.1 Å². The van der Waals surface area contributed by atoms with E-state index in [1.807, 2.05) is 13.8 Å². The topological polar surface area (TPSA) is 96.3 Å². The molecule has 1 fully saturated rings. The lowest BCUT2D eigenvalue weighted by Gasteiger charge is -2.50. The average Bonchev–Trinajstić information content (AvgIpc) is 2.84. The first kappa shape index (κ1) is 29.7. The molecule has 2 aliphatic heterocycles. The van der Waals surface area contributed by atoms with Crippen molar-refractivity contribution in [2.75, 3.05) is 6.54 Å². The van der Waals surface area contributed by atoms with Crippen LogP contribution in [0, 0.1) is 5.92 Å². The molecule has 9 heteroatoms. The van der Waals surface area contributed by atoms with Crippen LogP contribution in [0.3, 0.4) is 0 Å². The van der Waals surface area contributed by atoms with E-state index < -0.39 is 29.6 Å². The highest BCUT2D eigenvalue weighted by Crippen LogP contribution is 2.52. The van der Waals surface area contributed by atoms with E-state index in [2.05, 4.69) is 13.8 Å². The van der Waals surface area contributed by atoms with Crippen molar-refractivity contribution in [1.29, 1.82) is 0 Å². The number of hydrogen-bond donors (Lipinski definition) is 2. The number of halogens is 2. The summed E-state index contributed by atoms with van der Waals surface area (Å²) in [5.74, 6) is -0.775. The van der Waals surface area contributed by atoms with Gasteiger partial charge in [0.1, 0.15) is 17.9 Å². The molecule has 4 rings (SSSR count). The molecule has 1 saturated heterocycles. The van der Waals surface area contributed by atoms with Crippen molar-refractivity contribution < 1.29 is 29.3 Å². The predicted octanol–water partition coefficient (Wildman–Crippen LogP) is 6.67. The van der Waals surface area contributed by atoms with E-state index in [1.54, 1.807) is 36.4 Å². The zero-order valence-electron chi connectivity index (χ0n) is 22.9. The summed E-state index contributed by atoms with van der Waals surface area (Å²) in [5, 5.41) is 20.4. The highest BCUT2D eigenvalue weighted by atomic mass is 35.5. The highest BCUT2D eigenvalue weighted by Gasteiger charge is 2.49. The van der Waals surface area contributed by atoms with E-state index in [4.69, 9.17) is 32.7 Å². The molecule has 2 aromatic rings. The third-order valence-corrected chi connectivity index (χ3v) is 8.49. The van der Waals surface area contributed by atoms with Gasteiger partial charge in [-0.15, -0.1) is 0 Å². The molecule has 39 heavy (non-hydrogen) atoms. The van der Waals surface area contributed by atoms with Gasteiger partial charge in [0.05, 0.1) is 27.9 Å². The van der Waals surface area contributed by atoms with E-state index in [-0.39, 0.29) is 24.7 Å². The van der Waals surface area contributed by atoms with Gasteiger partial charge in [-0.05, 0) is 95.7 Å². The van der Waals surface area contributed by atoms with Gasteiger partial charge >= 0.3 is 5.97 Å². The van der Waals surface area contributed by atoms with Crippen LogP contribution in [-0.4, -0.2) is 50.8 Å². The number of fused-ring (bicyclic) bond motifs is 3.